The highest BCUT2D eigenvalue weighted by molar-refractivity contribution is 7.05. The van der Waals surface area contributed by atoms with Crippen molar-refractivity contribution < 1.29 is 9.18 Å². The first-order valence-corrected chi connectivity index (χ1v) is 7.50. The van der Waals surface area contributed by atoms with Gasteiger partial charge in [-0.3, -0.25) is 4.79 Å². The van der Waals surface area contributed by atoms with Gasteiger partial charge in [0, 0.05) is 49.0 Å². The van der Waals surface area contributed by atoms with E-state index in [0.717, 1.165) is 10.6 Å². The number of piperazine rings is 1. The fourth-order valence-corrected chi connectivity index (χ4v) is 2.92. The molecular formula is C14H15FN4OS. The first-order valence-electron chi connectivity index (χ1n) is 6.72. The number of aryl methyl sites for hydroxylation is 1. The van der Waals surface area contributed by atoms with Crippen molar-refractivity contribution in [1.29, 1.82) is 0 Å². The van der Waals surface area contributed by atoms with Crippen molar-refractivity contribution in [1.82, 2.24) is 14.3 Å². The third kappa shape index (κ3) is 3.02. The van der Waals surface area contributed by atoms with Crippen LogP contribution >= 0.6 is 11.5 Å². The van der Waals surface area contributed by atoms with E-state index >= 15 is 0 Å². The number of anilines is 1. The van der Waals surface area contributed by atoms with E-state index in [9.17, 15) is 9.18 Å². The largest absolute Gasteiger partial charge is 0.368 e. The summed E-state index contributed by atoms with van der Waals surface area (Å²) in [5.41, 5.74) is 1.32. The van der Waals surface area contributed by atoms with E-state index in [0.29, 0.717) is 31.9 Å². The minimum atomic E-state index is -0.482. The van der Waals surface area contributed by atoms with Gasteiger partial charge in [-0.05, 0) is 30.6 Å². The maximum absolute atomic E-state index is 13.1. The first-order chi connectivity index (χ1) is 10.1. The normalized spacial score (nSPS) is 15.3. The van der Waals surface area contributed by atoms with E-state index in [2.05, 4.69) is 14.3 Å². The van der Waals surface area contributed by atoms with Crippen LogP contribution in [-0.2, 0) is 0 Å². The molecule has 7 heteroatoms. The Kier molecular flexibility index (Phi) is 3.83. The highest BCUT2D eigenvalue weighted by atomic mass is 32.1. The predicted molar refractivity (Wildman–Crippen MR) is 79.2 cm³/mol. The van der Waals surface area contributed by atoms with E-state index in [1.54, 1.807) is 11.0 Å². The smallest absolute Gasteiger partial charge is 0.273 e. The zero-order valence-corrected chi connectivity index (χ0v) is 12.4. The highest BCUT2D eigenvalue weighted by Crippen LogP contribution is 2.18. The standard InChI is InChI=1S/C14H15FN4OS/c1-10-8-12(17-21-10)14(20)19-6-4-18(5-7-19)11-2-3-16-13(15)9-11/h2-3,8-9H,4-7H2,1H3. The van der Waals surface area contributed by atoms with Crippen LogP contribution in [0.15, 0.2) is 24.4 Å². The molecule has 1 aliphatic rings. The molecular weight excluding hydrogens is 291 g/mol. The van der Waals surface area contributed by atoms with E-state index < -0.39 is 5.95 Å². The second-order valence-electron chi connectivity index (χ2n) is 4.94. The Hall–Kier alpha value is -2.02. The predicted octanol–water partition coefficient (Wildman–Crippen LogP) is 1.95. The molecule has 110 valence electrons. The summed E-state index contributed by atoms with van der Waals surface area (Å²) in [6, 6.07) is 5.02. The Balaban J connectivity index is 1.64. The summed E-state index contributed by atoms with van der Waals surface area (Å²) in [6.45, 7) is 4.51. The number of carbonyl (C=O) groups is 1. The fraction of sp³-hybridized carbons (Fsp3) is 0.357. The summed E-state index contributed by atoms with van der Waals surface area (Å²) in [4.78, 5) is 20.7. The van der Waals surface area contributed by atoms with Crippen molar-refractivity contribution >= 4 is 23.1 Å². The Morgan fingerprint density at radius 1 is 1.29 bits per heavy atom. The van der Waals surface area contributed by atoms with Crippen molar-refractivity contribution in [3.8, 4) is 0 Å². The number of rotatable bonds is 2. The van der Waals surface area contributed by atoms with Crippen molar-refractivity contribution in [3.63, 3.8) is 0 Å². The van der Waals surface area contributed by atoms with Crippen LogP contribution in [0.4, 0.5) is 10.1 Å². The van der Waals surface area contributed by atoms with Crippen LogP contribution in [0.25, 0.3) is 0 Å². The zero-order chi connectivity index (χ0) is 14.8. The summed E-state index contributed by atoms with van der Waals surface area (Å²) >= 11 is 1.34. The molecule has 0 N–H and O–H groups in total. The Morgan fingerprint density at radius 2 is 2.05 bits per heavy atom. The van der Waals surface area contributed by atoms with Crippen LogP contribution in [0.5, 0.6) is 0 Å². The number of aromatic nitrogens is 2. The molecule has 1 fully saturated rings. The number of halogens is 1. The molecule has 2 aromatic rings. The summed E-state index contributed by atoms with van der Waals surface area (Å²) in [7, 11) is 0. The second kappa shape index (κ2) is 5.77. The van der Waals surface area contributed by atoms with Crippen LogP contribution in [0.2, 0.25) is 0 Å². The third-order valence-corrected chi connectivity index (χ3v) is 4.18. The van der Waals surface area contributed by atoms with Crippen LogP contribution < -0.4 is 4.90 Å². The quantitative estimate of drug-likeness (QED) is 0.796. The molecule has 1 aliphatic heterocycles. The molecule has 0 aromatic carbocycles. The van der Waals surface area contributed by atoms with Gasteiger partial charge in [0.2, 0.25) is 5.95 Å². The SMILES string of the molecule is Cc1cc(C(=O)N2CCN(c3ccnc(F)c3)CC2)ns1. The molecule has 1 amide bonds. The van der Waals surface area contributed by atoms with Gasteiger partial charge in [-0.25, -0.2) is 4.98 Å². The topological polar surface area (TPSA) is 49.3 Å². The zero-order valence-electron chi connectivity index (χ0n) is 11.6. The molecule has 1 saturated heterocycles. The van der Waals surface area contributed by atoms with Gasteiger partial charge in [0.25, 0.3) is 5.91 Å². The van der Waals surface area contributed by atoms with Gasteiger partial charge in [0.1, 0.15) is 5.69 Å². The van der Waals surface area contributed by atoms with Gasteiger partial charge in [-0.2, -0.15) is 8.76 Å². The summed E-state index contributed by atoms with van der Waals surface area (Å²) in [6.07, 6.45) is 1.46. The molecule has 0 saturated carbocycles. The minimum Gasteiger partial charge on any atom is -0.368 e. The summed E-state index contributed by atoms with van der Waals surface area (Å²) in [5, 5.41) is 0. The molecule has 3 rings (SSSR count). The lowest BCUT2D eigenvalue weighted by atomic mass is 10.2. The van der Waals surface area contributed by atoms with Crippen molar-refractivity contribution in [2.24, 2.45) is 0 Å². The molecule has 2 aromatic heterocycles. The van der Waals surface area contributed by atoms with Crippen molar-refractivity contribution in [2.75, 3.05) is 31.1 Å². The Bertz CT molecular complexity index is 652. The van der Waals surface area contributed by atoms with E-state index in [1.807, 2.05) is 13.0 Å². The number of pyridine rings is 1. The van der Waals surface area contributed by atoms with Gasteiger partial charge < -0.3 is 9.80 Å². The molecule has 5 nitrogen and oxygen atoms in total. The highest BCUT2D eigenvalue weighted by Gasteiger charge is 2.23. The number of hydrogen-bond donors (Lipinski definition) is 0. The molecule has 0 atom stereocenters. The Morgan fingerprint density at radius 3 is 2.67 bits per heavy atom. The fourth-order valence-electron chi connectivity index (χ4n) is 2.39. The first kappa shape index (κ1) is 13.9. The van der Waals surface area contributed by atoms with Crippen molar-refractivity contribution in [3.05, 3.63) is 40.9 Å². The van der Waals surface area contributed by atoms with Crippen LogP contribution in [0.3, 0.4) is 0 Å². The lowest BCUT2D eigenvalue weighted by Gasteiger charge is -2.35. The lowest BCUT2D eigenvalue weighted by molar-refractivity contribution is 0.0742. The maximum Gasteiger partial charge on any atom is 0.273 e. The van der Waals surface area contributed by atoms with E-state index in [1.165, 1.54) is 23.8 Å². The van der Waals surface area contributed by atoms with Crippen LogP contribution in [-0.4, -0.2) is 46.3 Å². The van der Waals surface area contributed by atoms with Gasteiger partial charge in [0.05, 0.1) is 0 Å². The number of amides is 1. The second-order valence-corrected chi connectivity index (χ2v) is 5.95. The molecule has 21 heavy (non-hydrogen) atoms. The van der Waals surface area contributed by atoms with Gasteiger partial charge >= 0.3 is 0 Å². The summed E-state index contributed by atoms with van der Waals surface area (Å²) < 4.78 is 17.3. The molecule has 0 radical (unpaired) electrons. The van der Waals surface area contributed by atoms with Gasteiger partial charge in [0.15, 0.2) is 0 Å². The molecule has 0 unspecified atom stereocenters. The monoisotopic (exact) mass is 306 g/mol. The molecule has 3 heterocycles. The van der Waals surface area contributed by atoms with E-state index in [-0.39, 0.29) is 5.91 Å². The number of carbonyl (C=O) groups excluding carboxylic acids is 1. The van der Waals surface area contributed by atoms with E-state index in [4.69, 9.17) is 0 Å². The lowest BCUT2D eigenvalue weighted by Crippen LogP contribution is -2.48. The third-order valence-electron chi connectivity index (χ3n) is 3.49. The Labute approximate surface area is 126 Å². The minimum absolute atomic E-state index is 0.0279. The maximum atomic E-state index is 13.1. The average Bonchev–Trinajstić information content (AvgIpc) is 2.93. The summed E-state index contributed by atoms with van der Waals surface area (Å²) in [5.74, 6) is -0.510. The molecule has 0 spiro atoms. The van der Waals surface area contributed by atoms with Crippen LogP contribution in [0, 0.1) is 12.9 Å². The molecule has 0 aliphatic carbocycles. The van der Waals surface area contributed by atoms with Gasteiger partial charge in [-0.1, -0.05) is 0 Å². The number of hydrogen-bond acceptors (Lipinski definition) is 5. The van der Waals surface area contributed by atoms with Gasteiger partial charge in [-0.15, -0.1) is 0 Å². The van der Waals surface area contributed by atoms with Crippen LogP contribution in [0.1, 0.15) is 15.4 Å². The molecule has 0 bridgehead atoms. The number of nitrogens with zero attached hydrogens (tertiary/aromatic N) is 4. The van der Waals surface area contributed by atoms with Crippen molar-refractivity contribution in [2.45, 2.75) is 6.92 Å². The average molecular weight is 306 g/mol.